The van der Waals surface area contributed by atoms with E-state index in [0.717, 1.165) is 23.5 Å². The molecule has 0 aliphatic carbocycles. The van der Waals surface area contributed by atoms with Crippen molar-refractivity contribution in [2.75, 3.05) is 13.2 Å². The molecular formula is C19H25ClN2O3S. The van der Waals surface area contributed by atoms with Crippen LogP contribution in [0.3, 0.4) is 0 Å². The number of nitrogens with zero attached hydrogens (tertiary/aromatic N) is 1. The zero-order valence-corrected chi connectivity index (χ0v) is 17.2. The van der Waals surface area contributed by atoms with Crippen molar-refractivity contribution in [3.63, 3.8) is 0 Å². The van der Waals surface area contributed by atoms with Crippen LogP contribution in [-0.4, -0.2) is 24.1 Å². The molecule has 1 atom stereocenters. The SMILES string of the molecule is CCCCOc1c(Cl)cc(C(=O)NC(C)c2csc(C)n2)cc1OCC. The quantitative estimate of drug-likeness (QED) is 0.593. The lowest BCUT2D eigenvalue weighted by Crippen LogP contribution is -2.27. The van der Waals surface area contributed by atoms with Crippen molar-refractivity contribution < 1.29 is 14.3 Å². The number of rotatable bonds is 9. The summed E-state index contributed by atoms with van der Waals surface area (Å²) in [6, 6.07) is 3.09. The van der Waals surface area contributed by atoms with Gasteiger partial charge < -0.3 is 14.8 Å². The van der Waals surface area contributed by atoms with Crippen molar-refractivity contribution in [3.05, 3.63) is 38.8 Å². The van der Waals surface area contributed by atoms with Crippen LogP contribution in [0.4, 0.5) is 0 Å². The molecule has 2 rings (SSSR count). The van der Waals surface area contributed by atoms with E-state index in [0.29, 0.717) is 35.3 Å². The Morgan fingerprint density at radius 2 is 2.12 bits per heavy atom. The Morgan fingerprint density at radius 3 is 2.73 bits per heavy atom. The Hall–Kier alpha value is -1.79. The van der Waals surface area contributed by atoms with Crippen LogP contribution in [0.15, 0.2) is 17.5 Å². The van der Waals surface area contributed by atoms with Gasteiger partial charge in [0.05, 0.1) is 35.0 Å². The zero-order valence-electron chi connectivity index (χ0n) is 15.6. The maximum atomic E-state index is 12.6. The third-order valence-electron chi connectivity index (χ3n) is 3.74. The van der Waals surface area contributed by atoms with Gasteiger partial charge in [-0.1, -0.05) is 24.9 Å². The van der Waals surface area contributed by atoms with Gasteiger partial charge in [0.2, 0.25) is 0 Å². The maximum absolute atomic E-state index is 12.6. The minimum atomic E-state index is -0.230. The third kappa shape index (κ3) is 5.35. The zero-order chi connectivity index (χ0) is 19.1. The predicted octanol–water partition coefficient (Wildman–Crippen LogP) is 5.17. The van der Waals surface area contributed by atoms with Crippen LogP contribution >= 0.6 is 22.9 Å². The molecular weight excluding hydrogens is 372 g/mol. The number of amides is 1. The lowest BCUT2D eigenvalue weighted by Gasteiger charge is -2.16. The van der Waals surface area contributed by atoms with E-state index in [1.807, 2.05) is 26.2 Å². The number of aryl methyl sites for hydroxylation is 1. The first-order chi connectivity index (χ1) is 12.5. The van der Waals surface area contributed by atoms with E-state index in [2.05, 4.69) is 17.2 Å². The summed E-state index contributed by atoms with van der Waals surface area (Å²) in [4.78, 5) is 17.0. The van der Waals surface area contributed by atoms with Gasteiger partial charge in [-0.25, -0.2) is 4.98 Å². The number of ether oxygens (including phenoxy) is 2. The summed E-state index contributed by atoms with van der Waals surface area (Å²) in [6.07, 6.45) is 1.95. The van der Waals surface area contributed by atoms with Gasteiger partial charge in [0.15, 0.2) is 11.5 Å². The van der Waals surface area contributed by atoms with Crippen molar-refractivity contribution in [1.82, 2.24) is 10.3 Å². The lowest BCUT2D eigenvalue weighted by atomic mass is 10.1. The number of halogens is 1. The summed E-state index contributed by atoms with van der Waals surface area (Å²) >= 11 is 7.91. The van der Waals surface area contributed by atoms with Crippen molar-refractivity contribution in [3.8, 4) is 11.5 Å². The summed E-state index contributed by atoms with van der Waals surface area (Å²) in [6.45, 7) is 8.83. The molecule has 2 aromatic rings. The van der Waals surface area contributed by atoms with Crippen LogP contribution in [0.25, 0.3) is 0 Å². The Kier molecular flexibility index (Phi) is 7.72. The number of hydrogen-bond acceptors (Lipinski definition) is 5. The molecule has 0 aliphatic rings. The number of carbonyl (C=O) groups is 1. The Labute approximate surface area is 163 Å². The van der Waals surface area contributed by atoms with Crippen LogP contribution in [0, 0.1) is 6.92 Å². The predicted molar refractivity (Wildman–Crippen MR) is 106 cm³/mol. The number of carbonyl (C=O) groups excluding carboxylic acids is 1. The number of nitrogens with one attached hydrogen (secondary N) is 1. The molecule has 1 amide bonds. The summed E-state index contributed by atoms with van der Waals surface area (Å²) < 4.78 is 11.4. The van der Waals surface area contributed by atoms with Crippen LogP contribution in [0.5, 0.6) is 11.5 Å². The molecule has 0 radical (unpaired) electrons. The molecule has 26 heavy (non-hydrogen) atoms. The van der Waals surface area contributed by atoms with Crippen molar-refractivity contribution in [2.45, 2.75) is 46.6 Å². The monoisotopic (exact) mass is 396 g/mol. The van der Waals surface area contributed by atoms with Gasteiger partial charge in [-0.2, -0.15) is 0 Å². The van der Waals surface area contributed by atoms with E-state index < -0.39 is 0 Å². The van der Waals surface area contributed by atoms with E-state index >= 15 is 0 Å². The highest BCUT2D eigenvalue weighted by molar-refractivity contribution is 7.09. The highest BCUT2D eigenvalue weighted by Gasteiger charge is 2.19. The van der Waals surface area contributed by atoms with E-state index in [1.165, 1.54) is 0 Å². The molecule has 5 nitrogen and oxygen atoms in total. The molecule has 7 heteroatoms. The van der Waals surface area contributed by atoms with Crippen LogP contribution < -0.4 is 14.8 Å². The molecule has 1 heterocycles. The fourth-order valence-electron chi connectivity index (χ4n) is 2.35. The van der Waals surface area contributed by atoms with Crippen LogP contribution in [-0.2, 0) is 0 Å². The summed E-state index contributed by atoms with van der Waals surface area (Å²) in [5.41, 5.74) is 1.27. The normalized spacial score (nSPS) is 11.9. The molecule has 1 aromatic carbocycles. The number of thiazole rings is 1. The molecule has 1 aromatic heterocycles. The molecule has 142 valence electrons. The van der Waals surface area contributed by atoms with Gasteiger partial charge in [-0.3, -0.25) is 4.79 Å². The molecule has 0 saturated carbocycles. The minimum Gasteiger partial charge on any atom is -0.490 e. The summed E-state index contributed by atoms with van der Waals surface area (Å²) in [7, 11) is 0. The molecule has 0 aliphatic heterocycles. The van der Waals surface area contributed by atoms with Gasteiger partial charge >= 0.3 is 0 Å². The first-order valence-corrected chi connectivity index (χ1v) is 10.0. The minimum absolute atomic E-state index is 0.192. The number of hydrogen-bond donors (Lipinski definition) is 1. The van der Waals surface area contributed by atoms with Gasteiger partial charge in [0.1, 0.15) is 0 Å². The second-order valence-electron chi connectivity index (χ2n) is 5.91. The van der Waals surface area contributed by atoms with Crippen molar-refractivity contribution in [2.24, 2.45) is 0 Å². The average molecular weight is 397 g/mol. The summed E-state index contributed by atoms with van der Waals surface area (Å²) in [5.74, 6) is 0.742. The van der Waals surface area contributed by atoms with Gasteiger partial charge in [-0.05, 0) is 39.3 Å². The molecule has 0 bridgehead atoms. The second kappa shape index (κ2) is 9.78. The Balaban J connectivity index is 2.18. The Morgan fingerprint density at radius 1 is 1.35 bits per heavy atom. The van der Waals surface area contributed by atoms with E-state index in [9.17, 15) is 4.79 Å². The fourth-order valence-corrected chi connectivity index (χ4v) is 3.33. The third-order valence-corrected chi connectivity index (χ3v) is 4.82. The molecule has 0 spiro atoms. The molecule has 1 unspecified atom stereocenters. The van der Waals surface area contributed by atoms with Crippen molar-refractivity contribution >= 4 is 28.8 Å². The topological polar surface area (TPSA) is 60.5 Å². The first-order valence-electron chi connectivity index (χ1n) is 8.78. The largest absolute Gasteiger partial charge is 0.490 e. The van der Waals surface area contributed by atoms with E-state index in [4.69, 9.17) is 21.1 Å². The van der Waals surface area contributed by atoms with Gasteiger partial charge in [-0.15, -0.1) is 11.3 Å². The van der Waals surface area contributed by atoms with Gasteiger partial charge in [0.25, 0.3) is 5.91 Å². The Bertz CT molecular complexity index is 748. The van der Waals surface area contributed by atoms with Crippen LogP contribution in [0.2, 0.25) is 5.02 Å². The van der Waals surface area contributed by atoms with Gasteiger partial charge in [0, 0.05) is 10.9 Å². The number of aromatic nitrogens is 1. The number of unbranched alkanes of at least 4 members (excludes halogenated alkanes) is 1. The molecule has 1 N–H and O–H groups in total. The summed E-state index contributed by atoms with van der Waals surface area (Å²) in [5, 5.41) is 6.23. The second-order valence-corrected chi connectivity index (χ2v) is 7.38. The highest BCUT2D eigenvalue weighted by Crippen LogP contribution is 2.37. The lowest BCUT2D eigenvalue weighted by molar-refractivity contribution is 0.0938. The molecule has 0 fully saturated rings. The average Bonchev–Trinajstić information content (AvgIpc) is 3.04. The first kappa shape index (κ1) is 20.5. The molecule has 0 saturated heterocycles. The van der Waals surface area contributed by atoms with E-state index in [-0.39, 0.29) is 11.9 Å². The van der Waals surface area contributed by atoms with Crippen LogP contribution in [0.1, 0.15) is 60.7 Å². The number of benzene rings is 1. The van der Waals surface area contributed by atoms with Crippen molar-refractivity contribution in [1.29, 1.82) is 0 Å². The van der Waals surface area contributed by atoms with E-state index in [1.54, 1.807) is 23.5 Å². The standard InChI is InChI=1S/C19H25ClN2O3S/c1-5-7-8-25-18-15(20)9-14(10-17(18)24-6-2)19(23)21-12(3)16-11-26-13(4)22-16/h9-12H,5-8H2,1-4H3,(H,21,23). The fraction of sp³-hybridized carbons (Fsp3) is 0.474. The maximum Gasteiger partial charge on any atom is 0.251 e. The smallest absolute Gasteiger partial charge is 0.251 e. The highest BCUT2D eigenvalue weighted by atomic mass is 35.5.